The van der Waals surface area contributed by atoms with Crippen LogP contribution in [0.4, 0.5) is 0 Å². The number of piperidine rings is 1. The molecule has 2 fully saturated rings. The van der Waals surface area contributed by atoms with Crippen molar-refractivity contribution in [2.45, 2.75) is 38.7 Å². The first kappa shape index (κ1) is 11.9. The smallest absolute Gasteiger partial charge is 0.223 e. The van der Waals surface area contributed by atoms with Gasteiger partial charge in [0.05, 0.1) is 6.10 Å². The summed E-state index contributed by atoms with van der Waals surface area (Å²) in [5, 5.41) is 12.7. The number of nitrogens with zero attached hydrogens (tertiary/aromatic N) is 1. The van der Waals surface area contributed by atoms with Gasteiger partial charge in [-0.25, -0.2) is 0 Å². The Hall–Kier alpha value is -0.610. The van der Waals surface area contributed by atoms with Crippen LogP contribution in [0.25, 0.3) is 0 Å². The number of carbonyl (C=O) groups excluding carboxylic acids is 1. The van der Waals surface area contributed by atoms with Gasteiger partial charge in [-0.15, -0.1) is 0 Å². The fourth-order valence-electron chi connectivity index (χ4n) is 2.65. The molecule has 2 N–H and O–H groups in total. The molecular weight excluding hydrogens is 204 g/mol. The average Bonchev–Trinajstić information content (AvgIpc) is 2.65. The Morgan fingerprint density at radius 2 is 2.19 bits per heavy atom. The van der Waals surface area contributed by atoms with Crippen LogP contribution in [0, 0.1) is 5.41 Å². The topological polar surface area (TPSA) is 52.6 Å². The molecule has 0 radical (unpaired) electrons. The lowest BCUT2D eigenvalue weighted by Gasteiger charge is -2.34. The molecule has 2 saturated heterocycles. The van der Waals surface area contributed by atoms with Crippen LogP contribution >= 0.6 is 0 Å². The summed E-state index contributed by atoms with van der Waals surface area (Å²) in [6, 6.07) is 0. The zero-order chi connectivity index (χ0) is 11.6. The molecule has 2 heterocycles. The number of amides is 1. The predicted octanol–water partition coefficient (Wildman–Crippen LogP) is 0.359. The summed E-state index contributed by atoms with van der Waals surface area (Å²) in [6.45, 7) is 5.51. The Kier molecular flexibility index (Phi) is 3.50. The van der Waals surface area contributed by atoms with Crippen LogP contribution in [0.2, 0.25) is 0 Å². The summed E-state index contributed by atoms with van der Waals surface area (Å²) in [6.07, 6.45) is 3.24. The first-order valence-corrected chi connectivity index (χ1v) is 6.26. The molecule has 1 atom stereocenters. The second-order valence-corrected chi connectivity index (χ2v) is 5.52. The van der Waals surface area contributed by atoms with Gasteiger partial charge in [0.1, 0.15) is 0 Å². The molecular formula is C12H22N2O2. The molecule has 1 unspecified atom stereocenters. The van der Waals surface area contributed by atoms with Crippen LogP contribution in [0.3, 0.4) is 0 Å². The van der Waals surface area contributed by atoms with Gasteiger partial charge in [-0.2, -0.15) is 0 Å². The molecule has 0 saturated carbocycles. The van der Waals surface area contributed by atoms with E-state index in [-0.39, 0.29) is 17.4 Å². The van der Waals surface area contributed by atoms with Gasteiger partial charge in [0.2, 0.25) is 5.91 Å². The van der Waals surface area contributed by atoms with Crippen molar-refractivity contribution in [3.05, 3.63) is 0 Å². The SMILES string of the molecule is CC1(CC(=O)N2CCC(O)C2)CCNCC1. The summed E-state index contributed by atoms with van der Waals surface area (Å²) in [4.78, 5) is 13.9. The number of likely N-dealkylation sites (tertiary alicyclic amines) is 1. The third-order valence-electron chi connectivity index (χ3n) is 3.90. The maximum atomic E-state index is 12.1. The Balaban J connectivity index is 1.86. The van der Waals surface area contributed by atoms with Crippen LogP contribution < -0.4 is 5.32 Å². The minimum Gasteiger partial charge on any atom is -0.391 e. The number of hydrogen-bond acceptors (Lipinski definition) is 3. The number of hydrogen-bond donors (Lipinski definition) is 2. The lowest BCUT2D eigenvalue weighted by Crippen LogP contribution is -2.39. The van der Waals surface area contributed by atoms with Gasteiger partial charge >= 0.3 is 0 Å². The summed E-state index contributed by atoms with van der Waals surface area (Å²) in [5.41, 5.74) is 0.163. The minimum absolute atomic E-state index is 0.163. The van der Waals surface area contributed by atoms with E-state index in [4.69, 9.17) is 0 Å². The molecule has 16 heavy (non-hydrogen) atoms. The highest BCUT2D eigenvalue weighted by Crippen LogP contribution is 2.32. The summed E-state index contributed by atoms with van der Waals surface area (Å²) in [5.74, 6) is 0.223. The van der Waals surface area contributed by atoms with Crippen LogP contribution in [0.15, 0.2) is 0 Å². The van der Waals surface area contributed by atoms with Gasteiger partial charge in [-0.1, -0.05) is 6.92 Å². The number of aliphatic hydroxyl groups excluding tert-OH is 1. The van der Waals surface area contributed by atoms with Gasteiger partial charge in [-0.05, 0) is 37.8 Å². The van der Waals surface area contributed by atoms with Crippen LogP contribution in [0.1, 0.15) is 32.6 Å². The number of carbonyl (C=O) groups is 1. The van der Waals surface area contributed by atoms with Crippen molar-refractivity contribution < 1.29 is 9.90 Å². The van der Waals surface area contributed by atoms with E-state index in [1.54, 1.807) is 0 Å². The molecule has 0 spiro atoms. The monoisotopic (exact) mass is 226 g/mol. The molecule has 2 aliphatic heterocycles. The van der Waals surface area contributed by atoms with Crippen molar-refractivity contribution in [1.29, 1.82) is 0 Å². The normalized spacial score (nSPS) is 29.4. The van der Waals surface area contributed by atoms with E-state index in [0.29, 0.717) is 13.0 Å². The van der Waals surface area contributed by atoms with E-state index in [1.807, 2.05) is 4.90 Å². The van der Waals surface area contributed by atoms with Crippen LogP contribution in [-0.4, -0.2) is 48.2 Å². The highest BCUT2D eigenvalue weighted by atomic mass is 16.3. The third kappa shape index (κ3) is 2.74. The number of nitrogens with one attached hydrogen (secondary N) is 1. The fraction of sp³-hybridized carbons (Fsp3) is 0.917. The zero-order valence-corrected chi connectivity index (χ0v) is 10.0. The average molecular weight is 226 g/mol. The van der Waals surface area contributed by atoms with E-state index < -0.39 is 0 Å². The molecule has 2 aliphatic rings. The van der Waals surface area contributed by atoms with Crippen LogP contribution in [0.5, 0.6) is 0 Å². The largest absolute Gasteiger partial charge is 0.391 e. The van der Waals surface area contributed by atoms with Crippen molar-refractivity contribution in [2.75, 3.05) is 26.2 Å². The maximum Gasteiger partial charge on any atom is 0.223 e. The van der Waals surface area contributed by atoms with E-state index in [1.165, 1.54) is 0 Å². The summed E-state index contributed by atoms with van der Waals surface area (Å²) in [7, 11) is 0. The van der Waals surface area contributed by atoms with Gasteiger partial charge in [0.25, 0.3) is 0 Å². The van der Waals surface area contributed by atoms with Gasteiger partial charge in [-0.3, -0.25) is 4.79 Å². The summed E-state index contributed by atoms with van der Waals surface area (Å²) >= 11 is 0. The van der Waals surface area contributed by atoms with Crippen molar-refractivity contribution in [3.63, 3.8) is 0 Å². The quantitative estimate of drug-likeness (QED) is 0.715. The summed E-state index contributed by atoms with van der Waals surface area (Å²) < 4.78 is 0. The van der Waals surface area contributed by atoms with Gasteiger partial charge in [0.15, 0.2) is 0 Å². The first-order chi connectivity index (χ1) is 7.59. The lowest BCUT2D eigenvalue weighted by molar-refractivity contribution is -0.133. The van der Waals surface area contributed by atoms with Crippen LogP contribution in [-0.2, 0) is 4.79 Å². The standard InChI is InChI=1S/C12H22N2O2/c1-12(3-5-13-6-4-12)8-11(16)14-7-2-10(15)9-14/h10,13,15H,2-9H2,1H3. The predicted molar refractivity (Wildman–Crippen MR) is 62.0 cm³/mol. The maximum absolute atomic E-state index is 12.1. The molecule has 0 aromatic carbocycles. The Morgan fingerprint density at radius 3 is 2.75 bits per heavy atom. The van der Waals surface area contributed by atoms with E-state index >= 15 is 0 Å². The number of aliphatic hydroxyl groups is 1. The van der Waals surface area contributed by atoms with E-state index in [0.717, 1.165) is 38.9 Å². The van der Waals surface area contributed by atoms with E-state index in [9.17, 15) is 9.90 Å². The molecule has 1 amide bonds. The van der Waals surface area contributed by atoms with Gasteiger partial charge < -0.3 is 15.3 Å². The minimum atomic E-state index is -0.301. The third-order valence-corrected chi connectivity index (χ3v) is 3.90. The van der Waals surface area contributed by atoms with Crippen molar-refractivity contribution in [1.82, 2.24) is 10.2 Å². The zero-order valence-electron chi connectivity index (χ0n) is 10.0. The second kappa shape index (κ2) is 4.72. The number of β-amino-alcohol motifs (C(OH)–C–C–N with tert-alkyl or cyclic N) is 1. The van der Waals surface area contributed by atoms with Crippen molar-refractivity contribution in [2.24, 2.45) is 5.41 Å². The van der Waals surface area contributed by atoms with Crippen molar-refractivity contribution >= 4 is 5.91 Å². The molecule has 0 aliphatic carbocycles. The molecule has 2 rings (SSSR count). The van der Waals surface area contributed by atoms with E-state index in [2.05, 4.69) is 12.2 Å². The van der Waals surface area contributed by atoms with Gasteiger partial charge in [0, 0.05) is 19.5 Å². The molecule has 0 aromatic rings. The molecule has 0 aromatic heterocycles. The Labute approximate surface area is 97.0 Å². The number of rotatable bonds is 2. The van der Waals surface area contributed by atoms with Crippen molar-refractivity contribution in [3.8, 4) is 0 Å². The molecule has 4 nitrogen and oxygen atoms in total. The first-order valence-electron chi connectivity index (χ1n) is 6.26. The lowest BCUT2D eigenvalue weighted by atomic mass is 9.78. The molecule has 0 bridgehead atoms. The molecule has 92 valence electrons. The highest BCUT2D eigenvalue weighted by molar-refractivity contribution is 5.77. The highest BCUT2D eigenvalue weighted by Gasteiger charge is 2.33. The second-order valence-electron chi connectivity index (χ2n) is 5.52. The Morgan fingerprint density at radius 1 is 1.50 bits per heavy atom. The fourth-order valence-corrected chi connectivity index (χ4v) is 2.65. The Bertz CT molecular complexity index is 262. The molecule has 4 heteroatoms.